The minimum absolute atomic E-state index is 0.131. The smallest absolute Gasteiger partial charge is 0.282 e. The molecule has 4 aromatic carbocycles. The zero-order valence-electron chi connectivity index (χ0n) is 27.2. The Kier molecular flexibility index (Phi) is 9.89. The van der Waals surface area contributed by atoms with Crippen LogP contribution in [0.1, 0.15) is 45.0 Å². The topological polar surface area (TPSA) is 125 Å². The van der Waals surface area contributed by atoms with Crippen molar-refractivity contribution in [1.29, 1.82) is 0 Å². The number of aromatic nitrogens is 2. The maximum absolute atomic E-state index is 13.4. The summed E-state index contributed by atoms with van der Waals surface area (Å²) in [6, 6.07) is 40.0. The van der Waals surface area contributed by atoms with Crippen molar-refractivity contribution in [3.63, 3.8) is 0 Å². The van der Waals surface area contributed by atoms with Crippen LogP contribution >= 0.6 is 0 Å². The average Bonchev–Trinajstić information content (AvgIpc) is 3.76. The zero-order chi connectivity index (χ0) is 34.4. The molecular weight excluding hydrogens is 653 g/mol. The van der Waals surface area contributed by atoms with Gasteiger partial charge in [-0.15, -0.1) is 0 Å². The lowest BCUT2D eigenvalue weighted by atomic mass is 10.1. The van der Waals surface area contributed by atoms with Crippen LogP contribution in [0.2, 0.25) is 0 Å². The number of sulfonamides is 2. The van der Waals surface area contributed by atoms with E-state index >= 15 is 0 Å². The van der Waals surface area contributed by atoms with Gasteiger partial charge in [-0.2, -0.15) is 25.6 Å². The van der Waals surface area contributed by atoms with Crippen LogP contribution in [0, 0.1) is 13.8 Å². The minimum Gasteiger partial charge on any atom is -0.357 e. The molecule has 0 saturated carbocycles. The van der Waals surface area contributed by atoms with Crippen LogP contribution in [0.25, 0.3) is 0 Å². The van der Waals surface area contributed by atoms with E-state index in [4.69, 9.17) is 0 Å². The Labute approximate surface area is 287 Å². The van der Waals surface area contributed by atoms with Crippen molar-refractivity contribution in [2.24, 2.45) is 8.80 Å². The van der Waals surface area contributed by atoms with E-state index in [0.717, 1.165) is 33.6 Å². The Morgan fingerprint density at radius 1 is 0.490 bits per heavy atom. The summed E-state index contributed by atoms with van der Waals surface area (Å²) in [5.41, 5.74) is 7.39. The first-order valence-electron chi connectivity index (χ1n) is 15.8. The third kappa shape index (κ3) is 8.59. The van der Waals surface area contributed by atoms with Crippen LogP contribution < -0.4 is 0 Å². The van der Waals surface area contributed by atoms with Crippen molar-refractivity contribution in [1.82, 2.24) is 9.97 Å². The van der Waals surface area contributed by atoms with Crippen molar-refractivity contribution < 1.29 is 16.8 Å². The largest absolute Gasteiger partial charge is 0.357 e. The number of aromatic amines is 2. The van der Waals surface area contributed by atoms with Gasteiger partial charge in [-0.1, -0.05) is 96.1 Å². The molecule has 10 heteroatoms. The van der Waals surface area contributed by atoms with Crippen LogP contribution in [0.3, 0.4) is 0 Å². The van der Waals surface area contributed by atoms with Crippen molar-refractivity contribution >= 4 is 31.5 Å². The number of benzene rings is 4. The van der Waals surface area contributed by atoms with Gasteiger partial charge in [0.25, 0.3) is 20.0 Å². The first-order chi connectivity index (χ1) is 23.5. The number of hydrogen-bond donors (Lipinski definition) is 2. The van der Waals surface area contributed by atoms with Gasteiger partial charge in [-0.3, -0.25) is 0 Å². The molecule has 8 nitrogen and oxygen atoms in total. The van der Waals surface area contributed by atoms with Gasteiger partial charge in [-0.25, -0.2) is 0 Å². The van der Waals surface area contributed by atoms with Crippen LogP contribution in [-0.4, -0.2) is 38.2 Å². The molecule has 0 radical (unpaired) electrons. The van der Waals surface area contributed by atoms with Crippen LogP contribution in [-0.2, 0) is 39.3 Å². The van der Waals surface area contributed by atoms with Gasteiger partial charge >= 0.3 is 0 Å². The van der Waals surface area contributed by atoms with E-state index in [1.807, 2.05) is 98.8 Å². The lowest BCUT2D eigenvalue weighted by Gasteiger charge is -2.08. The van der Waals surface area contributed by atoms with E-state index in [1.54, 1.807) is 48.5 Å². The lowest BCUT2D eigenvalue weighted by molar-refractivity contribution is 0.596. The zero-order valence-corrected chi connectivity index (χ0v) is 28.8. The molecule has 6 aromatic rings. The molecule has 0 unspecified atom stereocenters. The molecule has 0 bridgehead atoms. The van der Waals surface area contributed by atoms with Crippen LogP contribution in [0.15, 0.2) is 152 Å². The highest BCUT2D eigenvalue weighted by Gasteiger charge is 2.19. The molecule has 0 spiro atoms. The van der Waals surface area contributed by atoms with Gasteiger partial charge in [0.1, 0.15) is 0 Å². The molecular formula is C39H36N4O4S2. The second kappa shape index (κ2) is 14.4. The summed E-state index contributed by atoms with van der Waals surface area (Å²) in [4.78, 5) is 7.00. The van der Waals surface area contributed by atoms with E-state index < -0.39 is 20.0 Å². The first-order valence-corrected chi connectivity index (χ1v) is 18.7. The summed E-state index contributed by atoms with van der Waals surface area (Å²) in [6.07, 6.45) is 1.08. The van der Waals surface area contributed by atoms with Crippen molar-refractivity contribution in [2.45, 2.75) is 42.9 Å². The average molecular weight is 689 g/mol. The maximum Gasteiger partial charge on any atom is 0.282 e. The highest BCUT2D eigenvalue weighted by atomic mass is 32.2. The number of rotatable bonds is 12. The summed E-state index contributed by atoms with van der Waals surface area (Å²) in [6.45, 7) is 3.80. The van der Waals surface area contributed by atoms with E-state index in [9.17, 15) is 16.8 Å². The molecule has 0 aliphatic heterocycles. The monoisotopic (exact) mass is 688 g/mol. The molecule has 0 amide bonds. The van der Waals surface area contributed by atoms with Crippen LogP contribution in [0.5, 0.6) is 0 Å². The van der Waals surface area contributed by atoms with Gasteiger partial charge in [0.15, 0.2) is 0 Å². The number of H-pyrrole nitrogens is 2. The predicted octanol–water partition coefficient (Wildman–Crippen LogP) is 7.39. The molecule has 2 aromatic heterocycles. The maximum atomic E-state index is 13.4. The molecule has 0 atom stereocenters. The third-order valence-corrected chi connectivity index (χ3v) is 10.7. The van der Waals surface area contributed by atoms with E-state index in [1.165, 1.54) is 0 Å². The quantitative estimate of drug-likeness (QED) is 0.130. The van der Waals surface area contributed by atoms with Crippen molar-refractivity contribution in [2.75, 3.05) is 0 Å². The minimum atomic E-state index is -3.96. The summed E-state index contributed by atoms with van der Waals surface area (Å²) in [5, 5.41) is 0. The van der Waals surface area contributed by atoms with Gasteiger partial charge in [0.2, 0.25) is 0 Å². The fourth-order valence-corrected chi connectivity index (χ4v) is 7.45. The lowest BCUT2D eigenvalue weighted by Crippen LogP contribution is -2.11. The number of aryl methyl sites for hydroxylation is 2. The number of hydrogen-bond acceptors (Lipinski definition) is 4. The van der Waals surface area contributed by atoms with Crippen molar-refractivity contribution in [3.8, 4) is 0 Å². The van der Waals surface area contributed by atoms with Gasteiger partial charge in [0, 0.05) is 30.7 Å². The molecule has 6 rings (SSSR count). The molecule has 0 aliphatic carbocycles. The summed E-state index contributed by atoms with van der Waals surface area (Å²) in [7, 11) is -7.93. The Morgan fingerprint density at radius 2 is 0.857 bits per heavy atom. The molecule has 0 saturated heterocycles. The predicted molar refractivity (Wildman–Crippen MR) is 194 cm³/mol. The van der Waals surface area contributed by atoms with Crippen LogP contribution in [0.4, 0.5) is 0 Å². The number of nitrogens with one attached hydrogen (secondary N) is 2. The highest BCUT2D eigenvalue weighted by molar-refractivity contribution is 7.90. The normalized spacial score (nSPS) is 12.7. The molecule has 0 aliphatic rings. The second-order valence-corrected chi connectivity index (χ2v) is 15.2. The standard InChI is InChI=1S/C39H36N4O4S2/c1-28-13-19-34(20-14-28)48(44,45)42-38(25-30-9-5-3-6-10-30)36-23-17-32(40-36)27-33-18-24-37(41-33)39(26-31-11-7-4-8-12-31)43-49(46,47)35-21-15-29(2)16-22-35/h3-24,40-41H,25-27H2,1-2H3/b42-38+,43-39+. The third-order valence-electron chi connectivity index (χ3n) is 8.02. The van der Waals surface area contributed by atoms with E-state index in [0.29, 0.717) is 42.1 Å². The fourth-order valence-electron chi connectivity index (χ4n) is 5.38. The SMILES string of the molecule is Cc1ccc(S(=O)(=O)/N=C(\Cc2ccccc2)c2ccc(Cc3ccc(/C(Cc4ccccc4)=N/S(=O)(=O)c4ccc(C)cc4)[nH]3)[nH]2)cc1. The Balaban J connectivity index is 1.29. The van der Waals surface area contributed by atoms with Crippen molar-refractivity contribution in [3.05, 3.63) is 178 Å². The Bertz CT molecular complexity index is 2160. The Hall–Kier alpha value is -5.32. The van der Waals surface area contributed by atoms with Gasteiger partial charge < -0.3 is 9.97 Å². The van der Waals surface area contributed by atoms with E-state index in [-0.39, 0.29) is 9.79 Å². The first kappa shape index (κ1) is 33.6. The molecule has 49 heavy (non-hydrogen) atoms. The fraction of sp³-hybridized carbons (Fsp3) is 0.128. The molecule has 248 valence electrons. The highest BCUT2D eigenvalue weighted by Crippen LogP contribution is 2.20. The summed E-state index contributed by atoms with van der Waals surface area (Å²) in [5.74, 6) is 0. The molecule has 2 heterocycles. The van der Waals surface area contributed by atoms with Gasteiger partial charge in [-0.05, 0) is 73.5 Å². The second-order valence-electron chi connectivity index (χ2n) is 11.9. The summed E-state index contributed by atoms with van der Waals surface area (Å²) < 4.78 is 62.0. The molecule has 0 fully saturated rings. The van der Waals surface area contributed by atoms with E-state index in [2.05, 4.69) is 18.8 Å². The summed E-state index contributed by atoms with van der Waals surface area (Å²) >= 11 is 0. The van der Waals surface area contributed by atoms with Gasteiger partial charge in [0.05, 0.1) is 32.6 Å². The number of nitrogens with zero attached hydrogens (tertiary/aromatic N) is 2. The Morgan fingerprint density at radius 3 is 1.22 bits per heavy atom. The molecule has 2 N–H and O–H groups in total.